The van der Waals surface area contributed by atoms with Crippen LogP contribution in [0.3, 0.4) is 0 Å². The summed E-state index contributed by atoms with van der Waals surface area (Å²) < 4.78 is 66.4. The number of nitrogens with one attached hydrogen (secondary N) is 1. The second kappa shape index (κ2) is 5.99. The number of nitrogens with two attached hydrogens (primary N) is 1. The van der Waals surface area contributed by atoms with Gasteiger partial charge in [0.25, 0.3) is 0 Å². The van der Waals surface area contributed by atoms with Crippen LogP contribution in [0.4, 0.5) is 13.2 Å². The van der Waals surface area contributed by atoms with Gasteiger partial charge in [0.05, 0.1) is 10.5 Å². The Morgan fingerprint density at radius 1 is 1.27 bits per heavy atom. The molecule has 1 aromatic carbocycles. The van der Waals surface area contributed by atoms with Crippen molar-refractivity contribution in [3.8, 4) is 0 Å². The predicted octanol–water partition coefficient (Wildman–Crippen LogP) is 2.91. The van der Waals surface area contributed by atoms with E-state index in [1.807, 2.05) is 0 Å². The maximum atomic E-state index is 13.1. The van der Waals surface area contributed by atoms with Crippen LogP contribution < -0.4 is 10.5 Å². The van der Waals surface area contributed by atoms with Crippen molar-refractivity contribution in [2.75, 3.05) is 6.54 Å². The second-order valence-corrected chi connectivity index (χ2v) is 7.52. The number of hydrogen-bond acceptors (Lipinski definition) is 3. The molecule has 1 fully saturated rings. The van der Waals surface area contributed by atoms with Crippen LogP contribution in [0.15, 0.2) is 23.1 Å². The third kappa shape index (κ3) is 3.56. The second-order valence-electron chi connectivity index (χ2n) is 5.44. The van der Waals surface area contributed by atoms with Gasteiger partial charge in [0.1, 0.15) is 0 Å². The Kier molecular flexibility index (Phi) is 4.77. The van der Waals surface area contributed by atoms with Crippen LogP contribution in [0.1, 0.15) is 31.2 Å². The Morgan fingerprint density at radius 2 is 1.86 bits per heavy atom. The van der Waals surface area contributed by atoms with E-state index in [1.165, 1.54) is 0 Å². The van der Waals surface area contributed by atoms with Crippen molar-refractivity contribution in [2.45, 2.75) is 42.3 Å². The van der Waals surface area contributed by atoms with Gasteiger partial charge in [-0.3, -0.25) is 0 Å². The molecule has 0 spiro atoms. The van der Waals surface area contributed by atoms with Gasteiger partial charge in [-0.05, 0) is 31.0 Å². The first-order chi connectivity index (χ1) is 10.1. The van der Waals surface area contributed by atoms with Gasteiger partial charge in [0.15, 0.2) is 0 Å². The maximum absolute atomic E-state index is 13.1. The molecule has 0 amide bonds. The van der Waals surface area contributed by atoms with Gasteiger partial charge in [-0.2, -0.15) is 13.2 Å². The SMILES string of the molecule is NCC1(NS(=O)(=O)c2ccc(Cl)cc2C(F)(F)F)CCCC1. The van der Waals surface area contributed by atoms with Gasteiger partial charge in [-0.25, -0.2) is 13.1 Å². The van der Waals surface area contributed by atoms with E-state index >= 15 is 0 Å². The number of rotatable bonds is 4. The molecule has 3 N–H and O–H groups in total. The van der Waals surface area contributed by atoms with Crippen LogP contribution in [0, 0.1) is 0 Å². The zero-order valence-electron chi connectivity index (χ0n) is 11.6. The molecule has 0 bridgehead atoms. The molecular formula is C13H16ClF3N2O2S. The molecule has 1 aliphatic carbocycles. The van der Waals surface area contributed by atoms with Crippen molar-refractivity contribution >= 4 is 21.6 Å². The number of hydrogen-bond donors (Lipinski definition) is 2. The standard InChI is InChI=1S/C13H16ClF3N2O2S/c14-9-3-4-11(10(7-9)13(15,16)17)22(20,21)19-12(8-18)5-1-2-6-12/h3-4,7,19H,1-2,5-6,8,18H2. The Hall–Kier alpha value is -0.830. The molecule has 0 radical (unpaired) electrons. The number of benzene rings is 1. The van der Waals surface area contributed by atoms with Gasteiger partial charge in [0, 0.05) is 17.1 Å². The summed E-state index contributed by atoms with van der Waals surface area (Å²) in [4.78, 5) is -0.830. The minimum absolute atomic E-state index is 0.0428. The van der Waals surface area contributed by atoms with Crippen LogP contribution in [-0.2, 0) is 16.2 Å². The molecule has 124 valence electrons. The summed E-state index contributed by atoms with van der Waals surface area (Å²) in [6.45, 7) is 0.0428. The summed E-state index contributed by atoms with van der Waals surface area (Å²) >= 11 is 5.56. The average Bonchev–Trinajstić information content (AvgIpc) is 2.85. The number of alkyl halides is 3. The van der Waals surface area contributed by atoms with E-state index in [9.17, 15) is 21.6 Å². The van der Waals surface area contributed by atoms with Crippen molar-refractivity contribution < 1.29 is 21.6 Å². The van der Waals surface area contributed by atoms with Crippen molar-refractivity contribution in [1.29, 1.82) is 0 Å². The molecule has 2 rings (SSSR count). The number of halogens is 4. The maximum Gasteiger partial charge on any atom is 0.417 e. The van der Waals surface area contributed by atoms with Crippen LogP contribution >= 0.6 is 11.6 Å². The Balaban J connectivity index is 2.46. The lowest BCUT2D eigenvalue weighted by Gasteiger charge is -2.29. The van der Waals surface area contributed by atoms with E-state index < -0.39 is 32.2 Å². The van der Waals surface area contributed by atoms with E-state index in [0.29, 0.717) is 18.9 Å². The topological polar surface area (TPSA) is 72.2 Å². The van der Waals surface area contributed by atoms with Crippen molar-refractivity contribution in [1.82, 2.24) is 4.72 Å². The monoisotopic (exact) mass is 356 g/mol. The van der Waals surface area contributed by atoms with E-state index in [-0.39, 0.29) is 11.6 Å². The summed E-state index contributed by atoms with van der Waals surface area (Å²) in [5, 5.41) is -0.180. The number of sulfonamides is 1. The first-order valence-electron chi connectivity index (χ1n) is 6.70. The normalized spacial score (nSPS) is 18.6. The molecule has 0 heterocycles. The van der Waals surface area contributed by atoms with Gasteiger partial charge < -0.3 is 5.73 Å². The minimum Gasteiger partial charge on any atom is -0.329 e. The van der Waals surface area contributed by atoms with Gasteiger partial charge in [0.2, 0.25) is 10.0 Å². The molecular weight excluding hydrogens is 341 g/mol. The van der Waals surface area contributed by atoms with E-state index in [4.69, 9.17) is 17.3 Å². The molecule has 0 saturated heterocycles. The molecule has 1 saturated carbocycles. The lowest BCUT2D eigenvalue weighted by molar-refractivity contribution is -0.139. The van der Waals surface area contributed by atoms with Crippen LogP contribution in [0.5, 0.6) is 0 Å². The van der Waals surface area contributed by atoms with Crippen molar-refractivity contribution in [2.24, 2.45) is 5.73 Å². The fraction of sp³-hybridized carbons (Fsp3) is 0.538. The lowest BCUT2D eigenvalue weighted by Crippen LogP contribution is -2.51. The zero-order chi connectivity index (χ0) is 16.6. The Labute approximate surface area is 131 Å². The van der Waals surface area contributed by atoms with Gasteiger partial charge in [-0.1, -0.05) is 24.4 Å². The summed E-state index contributed by atoms with van der Waals surface area (Å²) in [7, 11) is -4.35. The summed E-state index contributed by atoms with van der Waals surface area (Å²) in [6, 6.07) is 2.60. The highest BCUT2D eigenvalue weighted by Gasteiger charge is 2.41. The largest absolute Gasteiger partial charge is 0.417 e. The van der Waals surface area contributed by atoms with Crippen molar-refractivity contribution in [3.05, 3.63) is 28.8 Å². The summed E-state index contributed by atoms with van der Waals surface area (Å²) in [5.41, 5.74) is 3.48. The van der Waals surface area contributed by atoms with Crippen LogP contribution in [0.25, 0.3) is 0 Å². The quantitative estimate of drug-likeness (QED) is 0.871. The highest BCUT2D eigenvalue weighted by atomic mass is 35.5. The molecule has 22 heavy (non-hydrogen) atoms. The highest BCUT2D eigenvalue weighted by Crippen LogP contribution is 2.37. The molecule has 0 unspecified atom stereocenters. The van der Waals surface area contributed by atoms with Gasteiger partial charge in [-0.15, -0.1) is 0 Å². The molecule has 1 aliphatic rings. The van der Waals surface area contributed by atoms with Crippen LogP contribution in [-0.4, -0.2) is 20.5 Å². The van der Waals surface area contributed by atoms with E-state index in [1.54, 1.807) is 0 Å². The zero-order valence-corrected chi connectivity index (χ0v) is 13.2. The molecule has 1 aromatic rings. The third-order valence-electron chi connectivity index (χ3n) is 3.84. The lowest BCUT2D eigenvalue weighted by atomic mass is 10.0. The van der Waals surface area contributed by atoms with E-state index in [0.717, 1.165) is 25.0 Å². The Bertz CT molecular complexity index is 656. The van der Waals surface area contributed by atoms with E-state index in [2.05, 4.69) is 4.72 Å². The Morgan fingerprint density at radius 3 is 2.36 bits per heavy atom. The van der Waals surface area contributed by atoms with Crippen molar-refractivity contribution in [3.63, 3.8) is 0 Å². The minimum atomic E-state index is -4.82. The highest BCUT2D eigenvalue weighted by molar-refractivity contribution is 7.89. The molecule has 0 aromatic heterocycles. The molecule has 9 heteroatoms. The fourth-order valence-electron chi connectivity index (χ4n) is 2.70. The third-order valence-corrected chi connectivity index (χ3v) is 5.71. The smallest absolute Gasteiger partial charge is 0.329 e. The molecule has 0 atom stereocenters. The molecule has 0 aliphatic heterocycles. The first kappa shape index (κ1) is 17.5. The summed E-state index contributed by atoms with van der Waals surface area (Å²) in [5.74, 6) is 0. The fourth-order valence-corrected chi connectivity index (χ4v) is 4.55. The first-order valence-corrected chi connectivity index (χ1v) is 8.57. The summed E-state index contributed by atoms with van der Waals surface area (Å²) in [6.07, 6.45) is -2.23. The van der Waals surface area contributed by atoms with Gasteiger partial charge >= 0.3 is 6.18 Å². The van der Waals surface area contributed by atoms with Crippen LogP contribution in [0.2, 0.25) is 5.02 Å². The average molecular weight is 357 g/mol. The molecule has 4 nitrogen and oxygen atoms in total. The predicted molar refractivity (Wildman–Crippen MR) is 77.0 cm³/mol.